The number of ether oxygens (including phenoxy) is 2. The van der Waals surface area contributed by atoms with Crippen molar-refractivity contribution in [1.29, 1.82) is 0 Å². The van der Waals surface area contributed by atoms with Crippen LogP contribution in [0.25, 0.3) is 5.57 Å². The minimum absolute atomic E-state index is 0.00330. The molecule has 2 fully saturated rings. The van der Waals surface area contributed by atoms with Crippen LogP contribution >= 0.6 is 0 Å². The molecule has 0 radical (unpaired) electrons. The van der Waals surface area contributed by atoms with Crippen LogP contribution in [0.2, 0.25) is 0 Å². The number of fused-ring (bicyclic) bond motifs is 1. The normalized spacial score (nSPS) is 18.1. The van der Waals surface area contributed by atoms with Crippen LogP contribution in [-0.4, -0.2) is 68.5 Å². The minimum atomic E-state index is -0.553. The van der Waals surface area contributed by atoms with E-state index in [0.717, 1.165) is 18.4 Å². The zero-order valence-electron chi connectivity index (χ0n) is 22.5. The largest absolute Gasteiger partial charge is 0.488 e. The first-order valence-corrected chi connectivity index (χ1v) is 13.3. The van der Waals surface area contributed by atoms with Gasteiger partial charge in [-0.25, -0.2) is 14.8 Å². The molecule has 3 N–H and O–H groups in total. The number of carbonyl (C=O) groups excluding carboxylic acids is 3. The zero-order chi connectivity index (χ0) is 27.7. The maximum absolute atomic E-state index is 13.5. The third kappa shape index (κ3) is 5.97. The van der Waals surface area contributed by atoms with E-state index in [9.17, 15) is 14.4 Å². The lowest BCUT2D eigenvalue weighted by Crippen LogP contribution is -2.48. The number of nitrogens with two attached hydrogens (primary N) is 1. The van der Waals surface area contributed by atoms with E-state index in [1.54, 1.807) is 23.1 Å². The van der Waals surface area contributed by atoms with Gasteiger partial charge in [0, 0.05) is 49.8 Å². The predicted molar refractivity (Wildman–Crippen MR) is 144 cm³/mol. The Labute approximate surface area is 227 Å². The highest BCUT2D eigenvalue weighted by Crippen LogP contribution is 2.39. The maximum Gasteiger partial charge on any atom is 0.410 e. The monoisotopic (exact) mass is 534 g/mol. The number of nitrogens with zero attached hydrogens (tertiary/aromatic N) is 4. The molecule has 0 atom stereocenters. The zero-order valence-corrected chi connectivity index (χ0v) is 22.5. The van der Waals surface area contributed by atoms with Crippen molar-refractivity contribution in [1.82, 2.24) is 19.8 Å². The summed E-state index contributed by atoms with van der Waals surface area (Å²) in [6, 6.07) is 5.18. The molecule has 11 heteroatoms. The molecule has 3 aliphatic rings. The lowest BCUT2D eigenvalue weighted by molar-refractivity contribution is -0.111. The second-order valence-corrected chi connectivity index (χ2v) is 11.1. The van der Waals surface area contributed by atoms with Gasteiger partial charge in [0.2, 0.25) is 0 Å². The number of benzene rings is 1. The summed E-state index contributed by atoms with van der Waals surface area (Å²) in [6.45, 7) is 6.99. The lowest BCUT2D eigenvalue weighted by Gasteiger charge is -2.37. The summed E-state index contributed by atoms with van der Waals surface area (Å²) in [5.74, 6) is 0.117. The molecule has 1 aliphatic carbocycles. The summed E-state index contributed by atoms with van der Waals surface area (Å²) in [5.41, 5.74) is 7.16. The number of hydrogen-bond donors (Lipinski definition) is 2. The van der Waals surface area contributed by atoms with Crippen LogP contribution in [0, 0.1) is 0 Å². The molecule has 5 rings (SSSR count). The molecular formula is C28H34N6O5. The maximum atomic E-state index is 13.5. The highest BCUT2D eigenvalue weighted by Gasteiger charge is 2.37. The standard InChI is InChI=1S/C28H34N6O5/c1-28(2,3)39-27(37)33-11-7-18(8-12-33)34-16-17-13-22(23(38-19-5-6-19)14-20(17)26(34)36)32-25(35)21(15-29)24-30-9-4-10-31-24/h4,9-10,13-15,18-19H,5-8,11-12,16,29H2,1-3H3,(H,32,35)/b21-15+. The van der Waals surface area contributed by atoms with Crippen LogP contribution in [0.5, 0.6) is 5.75 Å². The van der Waals surface area contributed by atoms with Gasteiger partial charge >= 0.3 is 6.09 Å². The van der Waals surface area contributed by atoms with Crippen molar-refractivity contribution in [2.45, 2.75) is 70.7 Å². The number of carbonyl (C=O) groups is 3. The average molecular weight is 535 g/mol. The van der Waals surface area contributed by atoms with Crippen molar-refractivity contribution in [2.75, 3.05) is 18.4 Å². The second kappa shape index (κ2) is 10.5. The Balaban J connectivity index is 1.31. The Morgan fingerprint density at radius 3 is 2.41 bits per heavy atom. The summed E-state index contributed by atoms with van der Waals surface area (Å²) in [6.07, 6.45) is 7.15. The fourth-order valence-electron chi connectivity index (χ4n) is 4.79. The molecule has 1 aromatic heterocycles. The molecule has 11 nitrogen and oxygen atoms in total. The van der Waals surface area contributed by atoms with Crippen LogP contribution in [-0.2, 0) is 16.1 Å². The van der Waals surface area contributed by atoms with Crippen molar-refractivity contribution in [3.63, 3.8) is 0 Å². The summed E-state index contributed by atoms with van der Waals surface area (Å²) < 4.78 is 11.6. The smallest absolute Gasteiger partial charge is 0.410 e. The Morgan fingerprint density at radius 2 is 1.79 bits per heavy atom. The fraction of sp³-hybridized carbons (Fsp3) is 0.464. The van der Waals surface area contributed by atoms with E-state index >= 15 is 0 Å². The number of hydrogen-bond acceptors (Lipinski definition) is 8. The number of likely N-dealkylation sites (tertiary alicyclic amines) is 1. The number of amides is 3. The van der Waals surface area contributed by atoms with E-state index in [2.05, 4.69) is 15.3 Å². The number of anilines is 1. The summed E-state index contributed by atoms with van der Waals surface area (Å²) in [5, 5.41) is 2.89. The van der Waals surface area contributed by atoms with Crippen molar-refractivity contribution in [2.24, 2.45) is 5.73 Å². The van der Waals surface area contributed by atoms with E-state index in [4.69, 9.17) is 15.2 Å². The van der Waals surface area contributed by atoms with Gasteiger partial charge in [0.15, 0.2) is 5.82 Å². The molecule has 0 spiro atoms. The highest BCUT2D eigenvalue weighted by atomic mass is 16.6. The predicted octanol–water partition coefficient (Wildman–Crippen LogP) is 3.31. The van der Waals surface area contributed by atoms with Gasteiger partial charge < -0.3 is 30.3 Å². The topological polar surface area (TPSA) is 140 Å². The van der Waals surface area contributed by atoms with Crippen molar-refractivity contribution in [3.05, 3.63) is 53.7 Å². The second-order valence-electron chi connectivity index (χ2n) is 11.1. The molecule has 3 heterocycles. The summed E-state index contributed by atoms with van der Waals surface area (Å²) in [4.78, 5) is 50.8. The van der Waals surface area contributed by atoms with Gasteiger partial charge in [-0.3, -0.25) is 9.59 Å². The first-order valence-electron chi connectivity index (χ1n) is 13.3. The highest BCUT2D eigenvalue weighted by molar-refractivity contribution is 6.24. The van der Waals surface area contributed by atoms with Crippen LogP contribution in [0.15, 0.2) is 36.8 Å². The van der Waals surface area contributed by atoms with E-state index in [1.165, 1.54) is 18.6 Å². The Morgan fingerprint density at radius 1 is 1.10 bits per heavy atom. The van der Waals surface area contributed by atoms with Crippen LogP contribution in [0.3, 0.4) is 0 Å². The Hall–Kier alpha value is -4.15. The van der Waals surface area contributed by atoms with E-state index in [0.29, 0.717) is 49.5 Å². The van der Waals surface area contributed by atoms with Gasteiger partial charge in [0.25, 0.3) is 11.8 Å². The van der Waals surface area contributed by atoms with Crippen LogP contribution in [0.4, 0.5) is 10.5 Å². The number of nitrogens with one attached hydrogen (secondary N) is 1. The van der Waals surface area contributed by atoms with Gasteiger partial charge in [0.1, 0.15) is 11.4 Å². The average Bonchev–Trinajstić information content (AvgIpc) is 3.66. The fourth-order valence-corrected chi connectivity index (χ4v) is 4.79. The van der Waals surface area contributed by atoms with E-state index < -0.39 is 11.5 Å². The van der Waals surface area contributed by atoms with Gasteiger partial charge in [-0.15, -0.1) is 0 Å². The molecule has 1 saturated carbocycles. The van der Waals surface area contributed by atoms with Gasteiger partial charge in [-0.2, -0.15) is 0 Å². The van der Waals surface area contributed by atoms with Crippen LogP contribution in [0.1, 0.15) is 68.2 Å². The molecule has 3 amide bonds. The first kappa shape index (κ1) is 26.5. The summed E-state index contributed by atoms with van der Waals surface area (Å²) in [7, 11) is 0. The number of rotatable bonds is 6. The minimum Gasteiger partial charge on any atom is -0.488 e. The molecule has 2 aliphatic heterocycles. The number of piperidine rings is 1. The SMILES string of the molecule is CC(C)(C)OC(=O)N1CCC(N2Cc3cc(NC(=O)/C(=C/N)c4ncccn4)c(OC4CC4)cc3C2=O)CC1. The van der Waals surface area contributed by atoms with E-state index in [-0.39, 0.29) is 35.5 Å². The molecular weight excluding hydrogens is 500 g/mol. The Kier molecular flexibility index (Phi) is 7.16. The third-order valence-corrected chi connectivity index (χ3v) is 6.88. The number of aromatic nitrogens is 2. The van der Waals surface area contributed by atoms with Crippen molar-refractivity contribution in [3.8, 4) is 5.75 Å². The molecule has 206 valence electrons. The van der Waals surface area contributed by atoms with E-state index in [1.807, 2.05) is 25.7 Å². The molecule has 2 aromatic rings. The summed E-state index contributed by atoms with van der Waals surface area (Å²) >= 11 is 0. The van der Waals surface area contributed by atoms with Crippen LogP contribution < -0.4 is 15.8 Å². The molecule has 1 aromatic carbocycles. The van der Waals surface area contributed by atoms with Gasteiger partial charge in [-0.05, 0) is 70.2 Å². The Bertz CT molecular complexity index is 1290. The van der Waals surface area contributed by atoms with Crippen molar-refractivity contribution >= 4 is 29.2 Å². The molecule has 1 saturated heterocycles. The van der Waals surface area contributed by atoms with Crippen molar-refractivity contribution < 1.29 is 23.9 Å². The molecule has 0 unspecified atom stereocenters. The molecule has 39 heavy (non-hydrogen) atoms. The lowest BCUT2D eigenvalue weighted by atomic mass is 10.0. The van der Waals surface area contributed by atoms with Gasteiger partial charge in [0.05, 0.1) is 17.4 Å². The third-order valence-electron chi connectivity index (χ3n) is 6.88. The van der Waals surface area contributed by atoms with Gasteiger partial charge in [-0.1, -0.05) is 0 Å². The first-order chi connectivity index (χ1) is 18.6. The molecule has 0 bridgehead atoms. The quantitative estimate of drug-likeness (QED) is 0.538.